The molecular weight excluding hydrogens is 533 g/mol. The van der Waals surface area contributed by atoms with Gasteiger partial charge in [-0.25, -0.2) is 0 Å². The van der Waals surface area contributed by atoms with Crippen molar-refractivity contribution in [2.75, 3.05) is 0 Å². The zero-order valence-corrected chi connectivity index (χ0v) is 23.9. The van der Waals surface area contributed by atoms with E-state index < -0.39 is 13.0 Å². The third kappa shape index (κ3) is 5.56. The molecule has 3 aliphatic rings. The van der Waals surface area contributed by atoms with E-state index >= 15 is 0 Å². The molecule has 2 aromatic carbocycles. The molecule has 2 saturated heterocycles. The van der Waals surface area contributed by atoms with E-state index in [0.29, 0.717) is 32.1 Å². The number of imide groups is 1. The van der Waals surface area contributed by atoms with Gasteiger partial charge in [-0.15, -0.1) is 11.3 Å². The molecule has 8 heteroatoms. The topological polar surface area (TPSA) is 87.1 Å². The highest BCUT2D eigenvalue weighted by atomic mass is 32.1. The Labute approximate surface area is 245 Å². The Hall–Kier alpha value is -3.46. The second kappa shape index (κ2) is 11.8. The Kier molecular flexibility index (Phi) is 7.97. The number of phenols is 1. The van der Waals surface area contributed by atoms with Gasteiger partial charge in [-0.2, -0.15) is 0 Å². The van der Waals surface area contributed by atoms with Crippen molar-refractivity contribution in [2.45, 2.75) is 51.6 Å². The number of likely N-dealkylation sites (tertiary alicyclic amines) is 1. The van der Waals surface area contributed by atoms with Crippen molar-refractivity contribution >= 4 is 41.9 Å². The number of hydrogen-bond donors (Lipinski definition) is 2. The maximum absolute atomic E-state index is 13.8. The number of amides is 2. The minimum Gasteiger partial charge on any atom is -0.508 e. The van der Waals surface area contributed by atoms with Crippen LogP contribution in [0.3, 0.4) is 0 Å². The second-order valence-electron chi connectivity index (χ2n) is 11.2. The van der Waals surface area contributed by atoms with Crippen molar-refractivity contribution in [1.82, 2.24) is 4.90 Å². The molecule has 0 saturated carbocycles. The van der Waals surface area contributed by atoms with E-state index in [-0.39, 0.29) is 35.5 Å². The summed E-state index contributed by atoms with van der Waals surface area (Å²) >= 11 is 1.55. The van der Waals surface area contributed by atoms with Crippen LogP contribution >= 0.6 is 11.3 Å². The van der Waals surface area contributed by atoms with Crippen LogP contribution < -0.4 is 0 Å². The first-order chi connectivity index (χ1) is 19.9. The van der Waals surface area contributed by atoms with Crippen LogP contribution in [-0.2, 0) is 20.8 Å². The van der Waals surface area contributed by atoms with Crippen molar-refractivity contribution in [3.05, 3.63) is 99.3 Å². The highest BCUT2D eigenvalue weighted by Gasteiger charge is 2.57. The number of rotatable bonds is 8. The van der Waals surface area contributed by atoms with Crippen LogP contribution in [0.2, 0.25) is 6.32 Å². The van der Waals surface area contributed by atoms with E-state index in [0.717, 1.165) is 33.6 Å². The third-order valence-corrected chi connectivity index (χ3v) is 9.64. The SMILES string of the molecule is CCC1=C2[C@@H](CC/C(=C/c3ccc(O)cc3)c3ccccc3)OB(O)C[C@@H]2[C@@H]2C(=O)N(Cc3cccs3)C(=O)[C@@H]2C1. The first kappa shape index (κ1) is 27.7. The molecule has 2 fully saturated rings. The maximum Gasteiger partial charge on any atom is 0.455 e. The van der Waals surface area contributed by atoms with Gasteiger partial charge in [0, 0.05) is 4.88 Å². The summed E-state index contributed by atoms with van der Waals surface area (Å²) in [6.45, 7) is 2.42. The van der Waals surface area contributed by atoms with E-state index in [9.17, 15) is 19.7 Å². The molecule has 2 amide bonds. The van der Waals surface area contributed by atoms with Crippen molar-refractivity contribution in [3.8, 4) is 5.75 Å². The molecule has 0 unspecified atom stereocenters. The number of allylic oxidation sites excluding steroid dienone is 2. The normalized spacial score (nSPS) is 24.6. The molecule has 0 radical (unpaired) electrons. The van der Waals surface area contributed by atoms with Crippen LogP contribution in [0.4, 0.5) is 0 Å². The predicted octanol–water partition coefficient (Wildman–Crippen LogP) is 6.18. The molecule has 0 spiro atoms. The lowest BCUT2D eigenvalue weighted by Gasteiger charge is -2.43. The predicted molar refractivity (Wildman–Crippen MR) is 162 cm³/mol. The fourth-order valence-corrected chi connectivity index (χ4v) is 7.59. The molecule has 1 aliphatic carbocycles. The van der Waals surface area contributed by atoms with Crippen LogP contribution in [-0.4, -0.2) is 40.1 Å². The molecule has 0 bridgehead atoms. The quantitative estimate of drug-likeness (QED) is 0.147. The van der Waals surface area contributed by atoms with Crippen LogP contribution in [0.1, 0.15) is 48.6 Å². The average Bonchev–Trinajstić information content (AvgIpc) is 3.58. The average molecular weight is 568 g/mol. The van der Waals surface area contributed by atoms with E-state index in [1.807, 2.05) is 47.8 Å². The zero-order chi connectivity index (χ0) is 28.5. The van der Waals surface area contributed by atoms with Gasteiger partial charge in [-0.05, 0) is 83.8 Å². The Morgan fingerprint density at radius 3 is 2.54 bits per heavy atom. The zero-order valence-electron chi connectivity index (χ0n) is 23.1. The van der Waals surface area contributed by atoms with Gasteiger partial charge in [0.25, 0.3) is 0 Å². The smallest absolute Gasteiger partial charge is 0.455 e. The molecule has 6 nitrogen and oxygen atoms in total. The summed E-state index contributed by atoms with van der Waals surface area (Å²) < 4.78 is 6.19. The minimum atomic E-state index is -0.985. The lowest BCUT2D eigenvalue weighted by molar-refractivity contribution is -0.140. The molecule has 3 aromatic rings. The molecule has 1 aromatic heterocycles. The number of hydrogen-bond acceptors (Lipinski definition) is 6. The summed E-state index contributed by atoms with van der Waals surface area (Å²) in [6.07, 6.45) is 4.82. The van der Waals surface area contributed by atoms with Gasteiger partial charge < -0.3 is 14.8 Å². The van der Waals surface area contributed by atoms with E-state index in [1.54, 1.807) is 23.5 Å². The number of aromatic hydroxyl groups is 1. The number of benzene rings is 2. The third-order valence-electron chi connectivity index (χ3n) is 8.77. The van der Waals surface area contributed by atoms with Gasteiger partial charge >= 0.3 is 7.12 Å². The van der Waals surface area contributed by atoms with Crippen molar-refractivity contribution in [1.29, 1.82) is 0 Å². The molecule has 41 heavy (non-hydrogen) atoms. The van der Waals surface area contributed by atoms with Crippen molar-refractivity contribution < 1.29 is 24.4 Å². The van der Waals surface area contributed by atoms with Crippen LogP contribution in [0.25, 0.3) is 11.6 Å². The number of thiophene rings is 1. The highest BCUT2D eigenvalue weighted by molar-refractivity contribution is 7.09. The van der Waals surface area contributed by atoms with Crippen molar-refractivity contribution in [3.63, 3.8) is 0 Å². The molecule has 4 atom stereocenters. The largest absolute Gasteiger partial charge is 0.508 e. The van der Waals surface area contributed by atoms with Gasteiger partial charge in [0.2, 0.25) is 11.8 Å². The Morgan fingerprint density at radius 2 is 1.83 bits per heavy atom. The van der Waals surface area contributed by atoms with Crippen molar-refractivity contribution in [2.24, 2.45) is 17.8 Å². The lowest BCUT2D eigenvalue weighted by Crippen LogP contribution is -2.46. The summed E-state index contributed by atoms with van der Waals surface area (Å²) in [7, 11) is -0.985. The summed E-state index contributed by atoms with van der Waals surface area (Å²) in [4.78, 5) is 29.7. The first-order valence-electron chi connectivity index (χ1n) is 14.4. The fourth-order valence-electron chi connectivity index (χ4n) is 6.89. The Balaban J connectivity index is 1.28. The highest BCUT2D eigenvalue weighted by Crippen LogP contribution is 2.51. The number of carbonyl (C=O) groups excluding carboxylic acids is 2. The van der Waals surface area contributed by atoms with Gasteiger partial charge in [0.05, 0.1) is 24.5 Å². The van der Waals surface area contributed by atoms with Crippen LogP contribution in [0.15, 0.2) is 83.3 Å². The van der Waals surface area contributed by atoms with E-state index in [2.05, 4.69) is 25.1 Å². The van der Waals surface area contributed by atoms with Gasteiger partial charge in [-0.3, -0.25) is 14.5 Å². The Bertz CT molecular complexity index is 1470. The van der Waals surface area contributed by atoms with Gasteiger partial charge in [-0.1, -0.05) is 67.1 Å². The van der Waals surface area contributed by atoms with Gasteiger partial charge in [0.1, 0.15) is 5.75 Å². The summed E-state index contributed by atoms with van der Waals surface area (Å²) in [5.74, 6) is -0.998. The summed E-state index contributed by atoms with van der Waals surface area (Å²) in [6, 6.07) is 21.2. The molecule has 3 heterocycles. The van der Waals surface area contributed by atoms with Gasteiger partial charge in [0.15, 0.2) is 0 Å². The summed E-state index contributed by atoms with van der Waals surface area (Å²) in [5.41, 5.74) is 5.52. The minimum absolute atomic E-state index is 0.0841. The number of nitrogens with zero attached hydrogens (tertiary/aromatic N) is 1. The molecule has 6 rings (SSSR count). The fraction of sp³-hybridized carbons (Fsp3) is 0.333. The second-order valence-corrected chi connectivity index (χ2v) is 12.2. The van der Waals surface area contributed by atoms with Crippen LogP contribution in [0.5, 0.6) is 5.75 Å². The molecular formula is C33H34BNO5S. The lowest BCUT2D eigenvalue weighted by atomic mass is 9.58. The molecule has 210 valence electrons. The van der Waals surface area contributed by atoms with Crippen LogP contribution in [0, 0.1) is 17.8 Å². The summed E-state index contributed by atoms with van der Waals surface area (Å²) in [5, 5.41) is 22.6. The standard InChI is InChI=1S/C33H34BNO5S/c1-2-22-18-27-31(33(38)35(32(27)37)20-26-9-6-16-41-26)28-19-34(39)40-29(30(22)28)15-12-24(23-7-4-3-5-8-23)17-21-10-13-25(36)14-11-21/h3-11,13-14,16-17,27-29,31,36,39H,2,12,15,18-20H2,1H3/b24-17-/t27-,28+,29-,31-/m1/s1. The number of fused-ring (bicyclic) bond motifs is 3. The maximum atomic E-state index is 13.8. The molecule has 2 aliphatic heterocycles. The first-order valence-corrected chi connectivity index (χ1v) is 15.3. The van der Waals surface area contributed by atoms with E-state index in [1.165, 1.54) is 10.5 Å². The number of carbonyl (C=O) groups is 2. The number of phenolic OH excluding ortho intramolecular Hbond substituents is 1. The van der Waals surface area contributed by atoms with E-state index in [4.69, 9.17) is 4.65 Å². The Morgan fingerprint density at radius 1 is 1.05 bits per heavy atom. The monoisotopic (exact) mass is 567 g/mol. The molecule has 2 N–H and O–H groups in total.